The summed E-state index contributed by atoms with van der Waals surface area (Å²) in [6.45, 7) is 0.365. The summed E-state index contributed by atoms with van der Waals surface area (Å²) in [5, 5.41) is 1.24. The SMILES string of the molecule is O=COc1cc2ccc(C3CC3)c(F)c2s1. The van der Waals surface area contributed by atoms with Crippen molar-refractivity contribution in [3.63, 3.8) is 0 Å². The standard InChI is InChI=1S/C12H9FO2S/c13-11-9(7-1-2-7)4-3-8-5-10(15-6-14)16-12(8)11/h3-7H,1-2H2. The summed E-state index contributed by atoms with van der Waals surface area (Å²) in [4.78, 5) is 10.2. The average molecular weight is 236 g/mol. The number of ether oxygens (including phenoxy) is 1. The maximum Gasteiger partial charge on any atom is 0.299 e. The van der Waals surface area contributed by atoms with Crippen LogP contribution in [0.2, 0.25) is 0 Å². The molecule has 0 N–H and O–H groups in total. The summed E-state index contributed by atoms with van der Waals surface area (Å²) in [7, 11) is 0. The number of hydrogen-bond acceptors (Lipinski definition) is 3. The van der Waals surface area contributed by atoms with Gasteiger partial charge in [-0.2, -0.15) is 0 Å². The first kappa shape index (κ1) is 9.78. The molecule has 1 aromatic heterocycles. The molecule has 1 saturated carbocycles. The smallest absolute Gasteiger partial charge is 0.299 e. The van der Waals surface area contributed by atoms with Crippen molar-refractivity contribution in [3.05, 3.63) is 29.6 Å². The van der Waals surface area contributed by atoms with Gasteiger partial charge in [-0.25, -0.2) is 4.39 Å². The molecule has 0 spiro atoms. The first-order valence-electron chi connectivity index (χ1n) is 5.12. The fraction of sp³-hybridized carbons (Fsp3) is 0.250. The van der Waals surface area contributed by atoms with E-state index in [0.717, 1.165) is 23.8 Å². The van der Waals surface area contributed by atoms with Crippen LogP contribution in [0, 0.1) is 5.82 Å². The molecule has 1 aliphatic carbocycles. The number of fused-ring (bicyclic) bond motifs is 1. The lowest BCUT2D eigenvalue weighted by atomic mass is 10.1. The normalized spacial score (nSPS) is 15.3. The van der Waals surface area contributed by atoms with Gasteiger partial charge in [0.2, 0.25) is 0 Å². The van der Waals surface area contributed by atoms with Crippen LogP contribution in [0.3, 0.4) is 0 Å². The van der Waals surface area contributed by atoms with Gasteiger partial charge in [-0.15, -0.1) is 0 Å². The average Bonchev–Trinajstić information content (AvgIpc) is 3.01. The number of thiophene rings is 1. The van der Waals surface area contributed by atoms with Crippen molar-refractivity contribution < 1.29 is 13.9 Å². The van der Waals surface area contributed by atoms with Gasteiger partial charge in [0.05, 0.1) is 4.70 Å². The molecule has 0 atom stereocenters. The first-order valence-corrected chi connectivity index (χ1v) is 5.93. The van der Waals surface area contributed by atoms with E-state index < -0.39 is 0 Å². The van der Waals surface area contributed by atoms with E-state index in [1.165, 1.54) is 11.3 Å². The van der Waals surface area contributed by atoms with Crippen LogP contribution in [0.1, 0.15) is 24.3 Å². The summed E-state index contributed by atoms with van der Waals surface area (Å²) in [5.74, 6) is 0.243. The third-order valence-corrected chi connectivity index (χ3v) is 3.85. The summed E-state index contributed by atoms with van der Waals surface area (Å²) < 4.78 is 19.4. The van der Waals surface area contributed by atoms with Crippen molar-refractivity contribution in [1.29, 1.82) is 0 Å². The van der Waals surface area contributed by atoms with Crippen LogP contribution in [0.4, 0.5) is 4.39 Å². The number of rotatable bonds is 3. The molecule has 16 heavy (non-hydrogen) atoms. The molecular weight excluding hydrogens is 227 g/mol. The molecule has 1 heterocycles. The van der Waals surface area contributed by atoms with Crippen molar-refractivity contribution in [2.24, 2.45) is 0 Å². The molecular formula is C12H9FO2S. The maximum absolute atomic E-state index is 14.1. The number of halogens is 1. The van der Waals surface area contributed by atoms with E-state index in [-0.39, 0.29) is 5.82 Å². The molecule has 0 unspecified atom stereocenters. The molecule has 3 rings (SSSR count). The summed E-state index contributed by atoms with van der Waals surface area (Å²) >= 11 is 1.18. The van der Waals surface area contributed by atoms with Gasteiger partial charge in [-0.05, 0) is 29.7 Å². The van der Waals surface area contributed by atoms with Gasteiger partial charge >= 0.3 is 0 Å². The van der Waals surface area contributed by atoms with Crippen molar-refractivity contribution in [2.45, 2.75) is 18.8 Å². The van der Waals surface area contributed by atoms with Crippen LogP contribution < -0.4 is 4.74 Å². The number of benzene rings is 1. The first-order chi connectivity index (χ1) is 7.79. The summed E-state index contributed by atoms with van der Waals surface area (Å²) in [6.07, 6.45) is 2.15. The molecule has 0 saturated heterocycles. The monoisotopic (exact) mass is 236 g/mol. The van der Waals surface area contributed by atoms with E-state index in [1.54, 1.807) is 6.07 Å². The van der Waals surface area contributed by atoms with Crippen LogP contribution in [0.25, 0.3) is 10.1 Å². The van der Waals surface area contributed by atoms with E-state index in [1.807, 2.05) is 12.1 Å². The van der Waals surface area contributed by atoms with Gasteiger partial charge < -0.3 is 4.74 Å². The van der Waals surface area contributed by atoms with Crippen LogP contribution in [-0.4, -0.2) is 6.47 Å². The van der Waals surface area contributed by atoms with Gasteiger partial charge in [0, 0.05) is 6.07 Å². The fourth-order valence-electron chi connectivity index (χ4n) is 1.88. The highest BCUT2D eigenvalue weighted by molar-refractivity contribution is 7.20. The molecule has 2 aromatic rings. The van der Waals surface area contributed by atoms with Crippen molar-refractivity contribution in [2.75, 3.05) is 0 Å². The lowest BCUT2D eigenvalue weighted by Gasteiger charge is -2.00. The Labute approximate surface area is 95.6 Å². The number of carbonyl (C=O) groups excluding carboxylic acids is 1. The predicted molar refractivity (Wildman–Crippen MR) is 60.5 cm³/mol. The molecule has 0 amide bonds. The van der Waals surface area contributed by atoms with Gasteiger partial charge in [-0.3, -0.25) is 4.79 Å². The number of carbonyl (C=O) groups is 1. The van der Waals surface area contributed by atoms with Crippen molar-refractivity contribution in [1.82, 2.24) is 0 Å². The summed E-state index contributed by atoms with van der Waals surface area (Å²) in [6, 6.07) is 5.42. The van der Waals surface area contributed by atoms with E-state index in [9.17, 15) is 9.18 Å². The second-order valence-electron chi connectivity index (χ2n) is 3.94. The minimum absolute atomic E-state index is 0.147. The van der Waals surface area contributed by atoms with Gasteiger partial charge in [-0.1, -0.05) is 23.5 Å². The highest BCUT2D eigenvalue weighted by Crippen LogP contribution is 2.44. The predicted octanol–water partition coefficient (Wildman–Crippen LogP) is 3.45. The largest absolute Gasteiger partial charge is 0.418 e. The van der Waals surface area contributed by atoms with Crippen LogP contribution in [0.5, 0.6) is 5.06 Å². The zero-order valence-electron chi connectivity index (χ0n) is 8.40. The minimum atomic E-state index is -0.147. The Morgan fingerprint density at radius 2 is 2.25 bits per heavy atom. The highest BCUT2D eigenvalue weighted by atomic mass is 32.1. The second-order valence-corrected chi connectivity index (χ2v) is 4.96. The van der Waals surface area contributed by atoms with E-state index in [4.69, 9.17) is 4.74 Å². The molecule has 1 fully saturated rings. The van der Waals surface area contributed by atoms with Gasteiger partial charge in [0.25, 0.3) is 6.47 Å². The van der Waals surface area contributed by atoms with Gasteiger partial charge in [0.15, 0.2) is 5.06 Å². The maximum atomic E-state index is 14.1. The molecule has 1 aromatic carbocycles. The minimum Gasteiger partial charge on any atom is -0.418 e. The van der Waals surface area contributed by atoms with Gasteiger partial charge in [0.1, 0.15) is 5.82 Å². The molecule has 0 bridgehead atoms. The van der Waals surface area contributed by atoms with E-state index >= 15 is 0 Å². The van der Waals surface area contributed by atoms with Crippen LogP contribution in [-0.2, 0) is 4.79 Å². The third kappa shape index (κ3) is 1.50. The third-order valence-electron chi connectivity index (χ3n) is 2.81. The Hall–Kier alpha value is -1.42. The Bertz CT molecular complexity index is 557. The quantitative estimate of drug-likeness (QED) is 0.763. The van der Waals surface area contributed by atoms with Crippen LogP contribution in [0.15, 0.2) is 18.2 Å². The molecule has 0 radical (unpaired) electrons. The zero-order valence-corrected chi connectivity index (χ0v) is 9.22. The molecule has 4 heteroatoms. The lowest BCUT2D eigenvalue weighted by molar-refractivity contribution is -0.120. The van der Waals surface area contributed by atoms with Crippen molar-refractivity contribution >= 4 is 27.9 Å². The summed E-state index contributed by atoms with van der Waals surface area (Å²) in [5.41, 5.74) is 0.798. The zero-order chi connectivity index (χ0) is 11.1. The highest BCUT2D eigenvalue weighted by Gasteiger charge is 2.27. The Kier molecular flexibility index (Phi) is 2.17. The Balaban J connectivity index is 2.14. The van der Waals surface area contributed by atoms with E-state index in [2.05, 4.69) is 0 Å². The lowest BCUT2D eigenvalue weighted by Crippen LogP contribution is -1.85. The van der Waals surface area contributed by atoms with E-state index in [0.29, 0.717) is 22.2 Å². The molecule has 82 valence electrons. The Morgan fingerprint density at radius 3 is 2.94 bits per heavy atom. The topological polar surface area (TPSA) is 26.3 Å². The molecule has 0 aliphatic heterocycles. The Morgan fingerprint density at radius 1 is 1.44 bits per heavy atom. The number of hydrogen-bond donors (Lipinski definition) is 0. The molecule has 1 aliphatic rings. The van der Waals surface area contributed by atoms with Crippen molar-refractivity contribution in [3.8, 4) is 5.06 Å². The molecule has 2 nitrogen and oxygen atoms in total. The van der Waals surface area contributed by atoms with Crippen LogP contribution >= 0.6 is 11.3 Å². The fourth-order valence-corrected chi connectivity index (χ4v) is 2.80. The second kappa shape index (κ2) is 3.56.